The molecule has 0 aliphatic carbocycles. The highest BCUT2D eigenvalue weighted by atomic mass is 31.2. The average molecular weight is 208 g/mol. The standard InChI is InChI=1S/C8H17O4P/c1-4-6-10-13(9)11-7-5-8(2,3)12-13/h4-7H2,1-3H3. The van der Waals surface area contributed by atoms with Gasteiger partial charge in [0.15, 0.2) is 0 Å². The molecule has 1 aliphatic heterocycles. The molecule has 0 spiro atoms. The molecule has 0 aromatic carbocycles. The maximum absolute atomic E-state index is 11.7. The zero-order valence-electron chi connectivity index (χ0n) is 8.41. The molecule has 4 nitrogen and oxygen atoms in total. The minimum atomic E-state index is -3.25. The molecule has 5 heteroatoms. The second-order valence-corrected chi connectivity index (χ2v) is 5.31. The van der Waals surface area contributed by atoms with E-state index in [2.05, 4.69) is 0 Å². The smallest absolute Gasteiger partial charge is 0.287 e. The molecule has 0 aromatic heterocycles. The van der Waals surface area contributed by atoms with E-state index in [0.29, 0.717) is 13.2 Å². The summed E-state index contributed by atoms with van der Waals surface area (Å²) in [4.78, 5) is 0. The third kappa shape index (κ3) is 3.39. The van der Waals surface area contributed by atoms with Crippen molar-refractivity contribution in [2.45, 2.75) is 39.2 Å². The van der Waals surface area contributed by atoms with Gasteiger partial charge in [-0.05, 0) is 20.3 Å². The monoisotopic (exact) mass is 208 g/mol. The van der Waals surface area contributed by atoms with Crippen molar-refractivity contribution in [2.75, 3.05) is 13.2 Å². The molecule has 1 fully saturated rings. The summed E-state index contributed by atoms with van der Waals surface area (Å²) in [5, 5.41) is 0. The lowest BCUT2D eigenvalue weighted by Gasteiger charge is -2.33. The minimum absolute atomic E-state index is 0.401. The molecule has 1 atom stereocenters. The molecule has 13 heavy (non-hydrogen) atoms. The molecule has 0 aromatic rings. The fourth-order valence-electron chi connectivity index (χ4n) is 1.04. The van der Waals surface area contributed by atoms with Gasteiger partial charge in [-0.15, -0.1) is 0 Å². The fourth-order valence-corrected chi connectivity index (χ4v) is 2.64. The molecule has 1 unspecified atom stereocenters. The molecule has 0 N–H and O–H groups in total. The maximum Gasteiger partial charge on any atom is 0.475 e. The summed E-state index contributed by atoms with van der Waals surface area (Å²) in [6.45, 7) is 6.57. The second-order valence-electron chi connectivity index (χ2n) is 3.71. The van der Waals surface area contributed by atoms with Crippen LogP contribution < -0.4 is 0 Å². The van der Waals surface area contributed by atoms with E-state index in [9.17, 15) is 4.57 Å². The normalized spacial score (nSPS) is 33.2. The highest BCUT2D eigenvalue weighted by Crippen LogP contribution is 2.56. The number of hydrogen-bond donors (Lipinski definition) is 0. The van der Waals surface area contributed by atoms with Crippen LogP contribution in [-0.4, -0.2) is 18.8 Å². The quantitative estimate of drug-likeness (QED) is 0.669. The van der Waals surface area contributed by atoms with E-state index in [0.717, 1.165) is 12.8 Å². The molecule has 1 heterocycles. The molecule has 1 saturated heterocycles. The van der Waals surface area contributed by atoms with Crippen LogP contribution in [0.15, 0.2) is 0 Å². The Morgan fingerprint density at radius 2 is 2.23 bits per heavy atom. The number of phosphoric ester groups is 1. The molecular weight excluding hydrogens is 191 g/mol. The Kier molecular flexibility index (Phi) is 3.52. The lowest BCUT2D eigenvalue weighted by atomic mass is 10.1. The van der Waals surface area contributed by atoms with Crippen molar-refractivity contribution in [1.82, 2.24) is 0 Å². The topological polar surface area (TPSA) is 44.8 Å². The maximum atomic E-state index is 11.7. The lowest BCUT2D eigenvalue weighted by Crippen LogP contribution is -2.30. The van der Waals surface area contributed by atoms with Gasteiger partial charge in [-0.2, -0.15) is 0 Å². The Bertz CT molecular complexity index is 214. The van der Waals surface area contributed by atoms with Crippen molar-refractivity contribution >= 4 is 7.82 Å². The number of rotatable bonds is 3. The molecule has 0 saturated carbocycles. The van der Waals surface area contributed by atoms with Gasteiger partial charge in [0.25, 0.3) is 0 Å². The Morgan fingerprint density at radius 1 is 1.54 bits per heavy atom. The van der Waals surface area contributed by atoms with Crippen LogP contribution in [-0.2, 0) is 18.1 Å². The summed E-state index contributed by atoms with van der Waals surface area (Å²) in [6.07, 6.45) is 1.55. The van der Waals surface area contributed by atoms with Crippen LogP contribution in [0.1, 0.15) is 33.6 Å². The summed E-state index contributed by atoms with van der Waals surface area (Å²) >= 11 is 0. The van der Waals surface area contributed by atoms with Gasteiger partial charge in [0.1, 0.15) is 0 Å². The Hall–Kier alpha value is 0.110. The minimum Gasteiger partial charge on any atom is -0.287 e. The second kappa shape index (κ2) is 4.09. The molecule has 0 amide bonds. The number of hydrogen-bond acceptors (Lipinski definition) is 4. The van der Waals surface area contributed by atoms with E-state index < -0.39 is 13.4 Å². The summed E-state index contributed by atoms with van der Waals surface area (Å²) in [6, 6.07) is 0. The first-order chi connectivity index (χ1) is 5.97. The van der Waals surface area contributed by atoms with Crippen LogP contribution in [0.4, 0.5) is 0 Å². The van der Waals surface area contributed by atoms with Gasteiger partial charge < -0.3 is 0 Å². The fraction of sp³-hybridized carbons (Fsp3) is 1.00. The predicted molar refractivity (Wildman–Crippen MR) is 49.6 cm³/mol. The van der Waals surface area contributed by atoms with Gasteiger partial charge in [0, 0.05) is 6.42 Å². The van der Waals surface area contributed by atoms with Crippen molar-refractivity contribution in [3.05, 3.63) is 0 Å². The van der Waals surface area contributed by atoms with Gasteiger partial charge in [-0.3, -0.25) is 13.6 Å². The Morgan fingerprint density at radius 3 is 2.77 bits per heavy atom. The van der Waals surface area contributed by atoms with Crippen molar-refractivity contribution in [1.29, 1.82) is 0 Å². The molecule has 1 rings (SSSR count). The number of phosphoric acid groups is 1. The van der Waals surface area contributed by atoms with E-state index >= 15 is 0 Å². The van der Waals surface area contributed by atoms with Gasteiger partial charge in [-0.25, -0.2) is 4.57 Å². The van der Waals surface area contributed by atoms with Crippen LogP contribution in [0, 0.1) is 0 Å². The van der Waals surface area contributed by atoms with E-state index in [1.807, 2.05) is 20.8 Å². The van der Waals surface area contributed by atoms with Crippen molar-refractivity contribution in [2.24, 2.45) is 0 Å². The van der Waals surface area contributed by atoms with Crippen LogP contribution in [0.2, 0.25) is 0 Å². The molecule has 0 bridgehead atoms. The highest BCUT2D eigenvalue weighted by molar-refractivity contribution is 7.48. The van der Waals surface area contributed by atoms with Gasteiger partial charge in [-0.1, -0.05) is 6.92 Å². The van der Waals surface area contributed by atoms with Gasteiger partial charge in [0.05, 0.1) is 18.8 Å². The van der Waals surface area contributed by atoms with Crippen molar-refractivity contribution in [3.8, 4) is 0 Å². The SMILES string of the molecule is CCCOP1(=O)OCCC(C)(C)O1. The summed E-state index contributed by atoms with van der Waals surface area (Å²) in [5.41, 5.74) is -0.401. The largest absolute Gasteiger partial charge is 0.475 e. The van der Waals surface area contributed by atoms with Gasteiger partial charge >= 0.3 is 7.82 Å². The average Bonchev–Trinajstić information content (AvgIpc) is 1.98. The Labute approximate surface area is 79.2 Å². The van der Waals surface area contributed by atoms with Crippen LogP contribution in [0.25, 0.3) is 0 Å². The zero-order chi connectivity index (χ0) is 9.95. The van der Waals surface area contributed by atoms with Gasteiger partial charge in [0.2, 0.25) is 0 Å². The first-order valence-electron chi connectivity index (χ1n) is 4.57. The molecule has 0 radical (unpaired) electrons. The van der Waals surface area contributed by atoms with E-state index in [1.165, 1.54) is 0 Å². The van der Waals surface area contributed by atoms with Crippen molar-refractivity contribution in [3.63, 3.8) is 0 Å². The molecular formula is C8H17O4P. The first-order valence-corrected chi connectivity index (χ1v) is 6.03. The summed E-state index contributed by atoms with van der Waals surface area (Å²) < 4.78 is 27.1. The zero-order valence-corrected chi connectivity index (χ0v) is 9.30. The molecule has 1 aliphatic rings. The van der Waals surface area contributed by atoms with Crippen LogP contribution >= 0.6 is 7.82 Å². The summed E-state index contributed by atoms with van der Waals surface area (Å²) in [7, 11) is -3.25. The third-order valence-electron chi connectivity index (χ3n) is 1.77. The lowest BCUT2D eigenvalue weighted by molar-refractivity contribution is -0.0188. The van der Waals surface area contributed by atoms with Crippen LogP contribution in [0.3, 0.4) is 0 Å². The van der Waals surface area contributed by atoms with Crippen LogP contribution in [0.5, 0.6) is 0 Å². The highest BCUT2D eigenvalue weighted by Gasteiger charge is 2.39. The Balaban J connectivity index is 2.53. The van der Waals surface area contributed by atoms with E-state index in [4.69, 9.17) is 13.6 Å². The van der Waals surface area contributed by atoms with Crippen molar-refractivity contribution < 1.29 is 18.1 Å². The summed E-state index contributed by atoms with van der Waals surface area (Å²) in [5.74, 6) is 0. The van der Waals surface area contributed by atoms with E-state index in [-0.39, 0.29) is 0 Å². The third-order valence-corrected chi connectivity index (χ3v) is 3.48. The first kappa shape index (κ1) is 11.2. The van der Waals surface area contributed by atoms with E-state index in [1.54, 1.807) is 0 Å². The molecule has 78 valence electrons. The predicted octanol–water partition coefficient (Wildman–Crippen LogP) is 2.74.